The fourth-order valence-corrected chi connectivity index (χ4v) is 2.83. The second-order valence-electron chi connectivity index (χ2n) is 7.23. The lowest BCUT2D eigenvalue weighted by Gasteiger charge is -2.13. The maximum Gasteiger partial charge on any atom is 0.417 e. The average Bonchev–Trinajstić information content (AvgIpc) is 3.28. The molecule has 0 aliphatic rings. The number of carbonyl (C=O) groups is 1. The Balaban J connectivity index is 1.91. The number of halogens is 3. The molecule has 7 nitrogen and oxygen atoms in total. The number of aromatic amines is 1. The number of pyridine rings is 1. The van der Waals surface area contributed by atoms with E-state index in [0.29, 0.717) is 17.1 Å². The van der Waals surface area contributed by atoms with Gasteiger partial charge in [0.1, 0.15) is 0 Å². The predicted molar refractivity (Wildman–Crippen MR) is 101 cm³/mol. The van der Waals surface area contributed by atoms with Gasteiger partial charge in [-0.2, -0.15) is 23.4 Å². The first kappa shape index (κ1) is 20.6. The van der Waals surface area contributed by atoms with Crippen LogP contribution in [0.1, 0.15) is 66.8 Å². The number of H-pyrrole nitrogens is 1. The van der Waals surface area contributed by atoms with Crippen molar-refractivity contribution in [2.45, 2.75) is 45.7 Å². The van der Waals surface area contributed by atoms with E-state index in [1.165, 1.54) is 16.9 Å². The Morgan fingerprint density at radius 3 is 2.38 bits per heavy atom. The number of amides is 1. The molecule has 3 aromatic rings. The average molecular weight is 406 g/mol. The van der Waals surface area contributed by atoms with Gasteiger partial charge in [0.25, 0.3) is 5.91 Å². The third kappa shape index (κ3) is 4.30. The van der Waals surface area contributed by atoms with Crippen LogP contribution in [0.25, 0.3) is 5.82 Å². The summed E-state index contributed by atoms with van der Waals surface area (Å²) in [6.07, 6.45) is -2.35. The number of hydrogen-bond donors (Lipinski definition) is 2. The van der Waals surface area contributed by atoms with Crippen LogP contribution >= 0.6 is 0 Å². The smallest absolute Gasteiger partial charge is 0.305 e. The summed E-state index contributed by atoms with van der Waals surface area (Å²) < 4.78 is 39.7. The van der Waals surface area contributed by atoms with Crippen molar-refractivity contribution in [3.8, 4) is 5.82 Å². The fourth-order valence-electron chi connectivity index (χ4n) is 2.83. The summed E-state index contributed by atoms with van der Waals surface area (Å²) in [5, 5.41) is 13.8. The molecule has 0 aliphatic carbocycles. The topological polar surface area (TPSA) is 88.5 Å². The largest absolute Gasteiger partial charge is 0.417 e. The van der Waals surface area contributed by atoms with Crippen molar-refractivity contribution in [2.75, 3.05) is 5.32 Å². The molecule has 1 amide bonds. The number of nitrogens with zero attached hydrogens (tertiary/aromatic N) is 4. The Bertz CT molecular complexity index is 1000. The lowest BCUT2D eigenvalue weighted by Crippen LogP contribution is -2.16. The highest BCUT2D eigenvalue weighted by atomic mass is 19.4. The van der Waals surface area contributed by atoms with E-state index >= 15 is 0 Å². The molecule has 0 aliphatic heterocycles. The lowest BCUT2D eigenvalue weighted by atomic mass is 10.1. The summed E-state index contributed by atoms with van der Waals surface area (Å²) in [6.45, 7) is 7.72. The van der Waals surface area contributed by atoms with E-state index in [9.17, 15) is 18.0 Å². The highest BCUT2D eigenvalue weighted by molar-refractivity contribution is 6.04. The van der Waals surface area contributed by atoms with E-state index in [1.54, 1.807) is 6.07 Å². The van der Waals surface area contributed by atoms with Crippen LogP contribution in [0.4, 0.5) is 19.0 Å². The zero-order valence-corrected chi connectivity index (χ0v) is 16.4. The van der Waals surface area contributed by atoms with Crippen LogP contribution in [-0.4, -0.2) is 30.9 Å². The van der Waals surface area contributed by atoms with Gasteiger partial charge in [0.15, 0.2) is 11.6 Å². The SMILES string of the molecule is CC(C)c1cc(NC(=O)c2cnn(-c3ccc(C(F)(F)F)cn3)c2C(C)C)n[nH]1. The molecule has 0 spiro atoms. The first-order valence-corrected chi connectivity index (χ1v) is 9.06. The maximum atomic E-state index is 12.8. The van der Waals surface area contributed by atoms with Crippen molar-refractivity contribution >= 4 is 11.7 Å². The van der Waals surface area contributed by atoms with Crippen LogP contribution < -0.4 is 5.32 Å². The molecule has 3 rings (SSSR count). The van der Waals surface area contributed by atoms with Crippen molar-refractivity contribution in [2.24, 2.45) is 0 Å². The van der Waals surface area contributed by atoms with Gasteiger partial charge in [-0.05, 0) is 24.0 Å². The molecule has 29 heavy (non-hydrogen) atoms. The summed E-state index contributed by atoms with van der Waals surface area (Å²) in [6, 6.07) is 3.91. The summed E-state index contributed by atoms with van der Waals surface area (Å²) in [7, 11) is 0. The summed E-state index contributed by atoms with van der Waals surface area (Å²) in [5.41, 5.74) is 0.871. The molecule has 3 aromatic heterocycles. The first-order chi connectivity index (χ1) is 13.6. The Hall–Kier alpha value is -3.17. The number of anilines is 1. The Morgan fingerprint density at radius 2 is 1.86 bits per heavy atom. The van der Waals surface area contributed by atoms with Crippen LogP contribution in [-0.2, 0) is 6.18 Å². The van der Waals surface area contributed by atoms with E-state index in [-0.39, 0.29) is 17.7 Å². The van der Waals surface area contributed by atoms with Gasteiger partial charge in [-0.15, -0.1) is 0 Å². The second-order valence-corrected chi connectivity index (χ2v) is 7.23. The Labute approximate surface area is 165 Å². The molecule has 0 bridgehead atoms. The number of alkyl halides is 3. The van der Waals surface area contributed by atoms with Crippen LogP contribution in [0.3, 0.4) is 0 Å². The van der Waals surface area contributed by atoms with Gasteiger partial charge in [-0.3, -0.25) is 9.89 Å². The van der Waals surface area contributed by atoms with Gasteiger partial charge < -0.3 is 5.32 Å². The van der Waals surface area contributed by atoms with Gasteiger partial charge in [0, 0.05) is 18.0 Å². The second kappa shape index (κ2) is 7.69. The van der Waals surface area contributed by atoms with E-state index in [4.69, 9.17) is 0 Å². The lowest BCUT2D eigenvalue weighted by molar-refractivity contribution is -0.137. The quantitative estimate of drug-likeness (QED) is 0.653. The molecular formula is C19H21F3N6O. The molecule has 3 heterocycles. The molecule has 2 N–H and O–H groups in total. The van der Waals surface area contributed by atoms with E-state index in [0.717, 1.165) is 18.0 Å². The fraction of sp³-hybridized carbons (Fsp3) is 0.368. The molecule has 0 saturated carbocycles. The third-order valence-electron chi connectivity index (χ3n) is 4.35. The van der Waals surface area contributed by atoms with Crippen LogP contribution in [0, 0.1) is 0 Å². The molecule has 0 fully saturated rings. The monoisotopic (exact) mass is 406 g/mol. The number of hydrogen-bond acceptors (Lipinski definition) is 4. The van der Waals surface area contributed by atoms with E-state index in [1.807, 2.05) is 27.7 Å². The van der Waals surface area contributed by atoms with Crippen molar-refractivity contribution in [1.29, 1.82) is 0 Å². The van der Waals surface area contributed by atoms with E-state index < -0.39 is 17.6 Å². The molecule has 0 aromatic carbocycles. The highest BCUT2D eigenvalue weighted by Gasteiger charge is 2.31. The van der Waals surface area contributed by atoms with Gasteiger partial charge in [-0.1, -0.05) is 27.7 Å². The molecule has 0 atom stereocenters. The molecule has 0 radical (unpaired) electrons. The van der Waals surface area contributed by atoms with Crippen molar-refractivity contribution in [3.05, 3.63) is 53.1 Å². The molecule has 0 unspecified atom stereocenters. The van der Waals surface area contributed by atoms with Crippen molar-refractivity contribution in [1.82, 2.24) is 25.0 Å². The molecule has 0 saturated heterocycles. The zero-order valence-electron chi connectivity index (χ0n) is 16.4. The number of nitrogens with one attached hydrogen (secondary N) is 2. The normalized spacial score (nSPS) is 12.0. The minimum atomic E-state index is -4.47. The standard InChI is InChI=1S/C19H21F3N6O/c1-10(2)14-7-15(27-26-14)25-18(29)13-9-24-28(17(13)11(3)4)16-6-5-12(8-23-16)19(20,21)22/h5-11H,1-4H3,(H2,25,26,27,29). The van der Waals surface area contributed by atoms with Crippen LogP contribution in [0.5, 0.6) is 0 Å². The molecule has 154 valence electrons. The Morgan fingerprint density at radius 1 is 1.14 bits per heavy atom. The van der Waals surface area contributed by atoms with Gasteiger partial charge >= 0.3 is 6.18 Å². The summed E-state index contributed by atoms with van der Waals surface area (Å²) in [5.74, 6) is 0.269. The van der Waals surface area contributed by atoms with Crippen LogP contribution in [0.2, 0.25) is 0 Å². The molecule has 10 heteroatoms. The van der Waals surface area contributed by atoms with Crippen molar-refractivity contribution < 1.29 is 18.0 Å². The minimum absolute atomic E-state index is 0.132. The van der Waals surface area contributed by atoms with Gasteiger partial charge in [-0.25, -0.2) is 9.67 Å². The Kier molecular flexibility index (Phi) is 5.45. The summed E-state index contributed by atoms with van der Waals surface area (Å²) >= 11 is 0. The van der Waals surface area contributed by atoms with Crippen LogP contribution in [0.15, 0.2) is 30.6 Å². The first-order valence-electron chi connectivity index (χ1n) is 9.06. The highest BCUT2D eigenvalue weighted by Crippen LogP contribution is 2.29. The van der Waals surface area contributed by atoms with E-state index in [2.05, 4.69) is 25.6 Å². The predicted octanol–water partition coefficient (Wildman–Crippen LogP) is 4.51. The zero-order chi connectivity index (χ0) is 21.3. The number of carbonyl (C=O) groups excluding carboxylic acids is 1. The van der Waals surface area contributed by atoms with Gasteiger partial charge in [0.2, 0.25) is 0 Å². The van der Waals surface area contributed by atoms with Gasteiger partial charge in [0.05, 0.1) is 23.0 Å². The minimum Gasteiger partial charge on any atom is -0.305 e. The molecular weight excluding hydrogens is 385 g/mol. The summed E-state index contributed by atoms with van der Waals surface area (Å²) in [4.78, 5) is 16.6. The maximum absolute atomic E-state index is 12.8. The number of rotatable bonds is 5. The number of aromatic nitrogens is 5. The van der Waals surface area contributed by atoms with Crippen molar-refractivity contribution in [3.63, 3.8) is 0 Å². The third-order valence-corrected chi connectivity index (χ3v) is 4.35.